The van der Waals surface area contributed by atoms with Crippen molar-refractivity contribution in [1.82, 2.24) is 4.90 Å². The summed E-state index contributed by atoms with van der Waals surface area (Å²) in [5.74, 6) is 0.592. The molecule has 0 saturated carbocycles. The third-order valence-corrected chi connectivity index (χ3v) is 2.60. The van der Waals surface area contributed by atoms with Gasteiger partial charge < -0.3 is 9.47 Å². The van der Waals surface area contributed by atoms with E-state index in [1.807, 2.05) is 0 Å². The van der Waals surface area contributed by atoms with Crippen molar-refractivity contribution in [3.05, 3.63) is 29.8 Å². The normalized spacial score (nSPS) is 21.7. The lowest BCUT2D eigenvalue weighted by Crippen LogP contribution is -2.40. The predicted octanol–water partition coefficient (Wildman–Crippen LogP) is 1.95. The number of aliphatic imine (C=N–C) groups is 1. The third kappa shape index (κ3) is 2.28. The number of nitrogens with zero attached hydrogens (tertiary/aromatic N) is 2. The summed E-state index contributed by atoms with van der Waals surface area (Å²) in [6, 6.07) is 6.60. The molecule has 1 aromatic carbocycles. The largest absolute Gasteiger partial charge is 0.497 e. The van der Waals surface area contributed by atoms with E-state index in [2.05, 4.69) is 9.73 Å². The minimum Gasteiger partial charge on any atom is -0.497 e. The summed E-state index contributed by atoms with van der Waals surface area (Å²) in [6.07, 6.45) is -4.60. The van der Waals surface area contributed by atoms with E-state index in [4.69, 9.17) is 4.74 Å². The van der Waals surface area contributed by atoms with Gasteiger partial charge in [-0.05, 0) is 38.4 Å². The van der Waals surface area contributed by atoms with E-state index in [0.29, 0.717) is 11.3 Å². The van der Waals surface area contributed by atoms with Crippen molar-refractivity contribution in [1.29, 1.82) is 0 Å². The molecule has 0 aromatic heterocycles. The first kappa shape index (κ1) is 12.8. The number of rotatable bonds is 3. The summed E-state index contributed by atoms with van der Waals surface area (Å²) in [5.41, 5.74) is 0.500. The van der Waals surface area contributed by atoms with Crippen LogP contribution >= 0.6 is 0 Å². The number of hydrogen-bond donors (Lipinski definition) is 0. The van der Waals surface area contributed by atoms with Gasteiger partial charge in [0.15, 0.2) is 0 Å². The summed E-state index contributed by atoms with van der Waals surface area (Å²) in [7, 11) is 4.60. The minimum atomic E-state index is -3.31. The maximum atomic E-state index is 13.5. The predicted molar refractivity (Wildman–Crippen MR) is 63.0 cm³/mol. The molecule has 98 valence electrons. The van der Waals surface area contributed by atoms with Crippen LogP contribution in [0.3, 0.4) is 0 Å². The van der Waals surface area contributed by atoms with Crippen molar-refractivity contribution in [2.45, 2.75) is 12.3 Å². The molecule has 0 saturated heterocycles. The number of benzene rings is 1. The Hall–Kier alpha value is -1.69. The smallest absolute Gasteiger partial charge is 0.436 e. The number of ether oxygens (including phenoxy) is 2. The second-order valence-electron chi connectivity index (χ2n) is 4.16. The SMILES string of the molecule is COc1ccc(C2=NC(N(C)C)C(F)(F)O2)cc1. The number of hydrogen-bond acceptors (Lipinski definition) is 4. The van der Waals surface area contributed by atoms with Crippen LogP contribution in [0.4, 0.5) is 8.78 Å². The fourth-order valence-corrected chi connectivity index (χ4v) is 1.68. The molecular formula is C12H14F2N2O2. The molecule has 1 atom stereocenters. The van der Waals surface area contributed by atoms with Crippen LogP contribution in [0.1, 0.15) is 5.56 Å². The summed E-state index contributed by atoms with van der Waals surface area (Å²) >= 11 is 0. The highest BCUT2D eigenvalue weighted by atomic mass is 19.3. The van der Waals surface area contributed by atoms with Crippen molar-refractivity contribution in [2.75, 3.05) is 21.2 Å². The zero-order chi connectivity index (χ0) is 13.3. The molecular weight excluding hydrogens is 242 g/mol. The van der Waals surface area contributed by atoms with Crippen LogP contribution in [0.25, 0.3) is 0 Å². The highest BCUT2D eigenvalue weighted by Gasteiger charge is 2.50. The summed E-state index contributed by atoms with van der Waals surface area (Å²) in [6.45, 7) is 0. The van der Waals surface area contributed by atoms with E-state index < -0.39 is 12.3 Å². The van der Waals surface area contributed by atoms with E-state index in [-0.39, 0.29) is 5.90 Å². The van der Waals surface area contributed by atoms with E-state index in [9.17, 15) is 8.78 Å². The fraction of sp³-hybridized carbons (Fsp3) is 0.417. The molecule has 0 amide bonds. The Kier molecular flexibility index (Phi) is 3.21. The maximum Gasteiger partial charge on any atom is 0.436 e. The van der Waals surface area contributed by atoms with Gasteiger partial charge >= 0.3 is 6.11 Å². The Morgan fingerprint density at radius 1 is 1.28 bits per heavy atom. The minimum absolute atomic E-state index is 0.0543. The zero-order valence-corrected chi connectivity index (χ0v) is 10.4. The van der Waals surface area contributed by atoms with Gasteiger partial charge in [0.1, 0.15) is 5.75 Å². The molecule has 1 heterocycles. The van der Waals surface area contributed by atoms with Gasteiger partial charge in [0.2, 0.25) is 12.1 Å². The van der Waals surface area contributed by atoms with E-state index >= 15 is 0 Å². The molecule has 18 heavy (non-hydrogen) atoms. The Labute approximate surface area is 104 Å². The lowest BCUT2D eigenvalue weighted by Gasteiger charge is -2.21. The first-order chi connectivity index (χ1) is 8.44. The van der Waals surface area contributed by atoms with Gasteiger partial charge in [-0.2, -0.15) is 8.78 Å². The van der Waals surface area contributed by atoms with Crippen molar-refractivity contribution in [3.8, 4) is 5.75 Å². The number of methoxy groups -OCH3 is 1. The quantitative estimate of drug-likeness (QED) is 0.829. The summed E-state index contributed by atoms with van der Waals surface area (Å²) in [4.78, 5) is 5.21. The molecule has 6 heteroatoms. The molecule has 1 aliphatic heterocycles. The van der Waals surface area contributed by atoms with Crippen LogP contribution in [-0.4, -0.2) is 44.3 Å². The standard InChI is InChI=1S/C12H14F2N2O2/c1-16(2)11-12(13,14)18-10(15-11)8-4-6-9(17-3)7-5-8/h4-7,11H,1-3H3. The molecule has 1 aliphatic rings. The van der Waals surface area contributed by atoms with E-state index in [0.717, 1.165) is 0 Å². The average molecular weight is 256 g/mol. The van der Waals surface area contributed by atoms with E-state index in [1.54, 1.807) is 24.3 Å². The van der Waals surface area contributed by atoms with Crippen LogP contribution in [0.15, 0.2) is 29.3 Å². The molecule has 0 radical (unpaired) electrons. The average Bonchev–Trinajstić information content (AvgIpc) is 2.65. The Bertz CT molecular complexity index is 458. The van der Waals surface area contributed by atoms with Crippen molar-refractivity contribution in [2.24, 2.45) is 4.99 Å². The summed E-state index contributed by atoms with van der Waals surface area (Å²) < 4.78 is 36.7. The first-order valence-corrected chi connectivity index (χ1v) is 5.39. The molecule has 1 unspecified atom stereocenters. The maximum absolute atomic E-state index is 13.5. The van der Waals surface area contributed by atoms with Crippen molar-refractivity contribution in [3.63, 3.8) is 0 Å². The lowest BCUT2D eigenvalue weighted by atomic mass is 10.2. The van der Waals surface area contributed by atoms with Crippen LogP contribution in [0.5, 0.6) is 5.75 Å². The third-order valence-electron chi connectivity index (χ3n) is 2.60. The molecule has 1 aromatic rings. The van der Waals surface area contributed by atoms with Gasteiger partial charge in [-0.3, -0.25) is 4.90 Å². The number of likely N-dealkylation sites (N-methyl/N-ethyl adjacent to an activating group) is 1. The molecule has 0 spiro atoms. The van der Waals surface area contributed by atoms with Gasteiger partial charge in [-0.15, -0.1) is 0 Å². The van der Waals surface area contributed by atoms with Crippen LogP contribution in [0, 0.1) is 0 Å². The van der Waals surface area contributed by atoms with Crippen LogP contribution < -0.4 is 4.74 Å². The zero-order valence-electron chi connectivity index (χ0n) is 10.4. The fourth-order valence-electron chi connectivity index (χ4n) is 1.68. The molecule has 0 aliphatic carbocycles. The molecule has 2 rings (SSSR count). The van der Waals surface area contributed by atoms with Gasteiger partial charge in [0.05, 0.1) is 7.11 Å². The van der Waals surface area contributed by atoms with Crippen molar-refractivity contribution >= 4 is 5.90 Å². The van der Waals surface area contributed by atoms with Gasteiger partial charge in [0.25, 0.3) is 0 Å². The topological polar surface area (TPSA) is 34.1 Å². The molecule has 0 bridgehead atoms. The van der Waals surface area contributed by atoms with Gasteiger partial charge in [-0.1, -0.05) is 0 Å². The lowest BCUT2D eigenvalue weighted by molar-refractivity contribution is -0.207. The van der Waals surface area contributed by atoms with Gasteiger partial charge in [-0.25, -0.2) is 4.99 Å². The highest BCUT2D eigenvalue weighted by Crippen LogP contribution is 2.32. The first-order valence-electron chi connectivity index (χ1n) is 5.39. The second kappa shape index (κ2) is 4.53. The van der Waals surface area contributed by atoms with Crippen LogP contribution in [0.2, 0.25) is 0 Å². The van der Waals surface area contributed by atoms with Crippen LogP contribution in [-0.2, 0) is 4.74 Å². The Balaban J connectivity index is 2.26. The van der Waals surface area contributed by atoms with Gasteiger partial charge in [0, 0.05) is 5.56 Å². The number of halogens is 2. The number of alkyl halides is 2. The Morgan fingerprint density at radius 2 is 1.89 bits per heavy atom. The second-order valence-corrected chi connectivity index (χ2v) is 4.16. The molecule has 0 N–H and O–H groups in total. The van der Waals surface area contributed by atoms with Crippen molar-refractivity contribution < 1.29 is 18.3 Å². The monoisotopic (exact) mass is 256 g/mol. The summed E-state index contributed by atoms with van der Waals surface area (Å²) in [5, 5.41) is 0. The Morgan fingerprint density at radius 3 is 2.33 bits per heavy atom. The molecule has 0 fully saturated rings. The van der Waals surface area contributed by atoms with E-state index in [1.165, 1.54) is 26.1 Å². The highest BCUT2D eigenvalue weighted by molar-refractivity contribution is 5.95. The molecule has 4 nitrogen and oxygen atoms in total.